The third-order valence-electron chi connectivity index (χ3n) is 5.76. The second kappa shape index (κ2) is 6.50. The molecule has 4 rings (SSSR count). The van der Waals surface area contributed by atoms with Gasteiger partial charge in [-0.15, -0.1) is 0 Å². The van der Waals surface area contributed by atoms with Crippen LogP contribution in [0.1, 0.15) is 29.6 Å². The number of hydrogen-bond acceptors (Lipinski definition) is 5. The van der Waals surface area contributed by atoms with Gasteiger partial charge in [0.1, 0.15) is 13.2 Å². The minimum absolute atomic E-state index is 0.0106. The molecule has 6 nitrogen and oxygen atoms in total. The number of benzene rings is 1. The molecule has 1 aromatic carbocycles. The van der Waals surface area contributed by atoms with E-state index in [0.717, 1.165) is 38.9 Å². The first-order valence-electron chi connectivity index (χ1n) is 9.13. The van der Waals surface area contributed by atoms with Gasteiger partial charge in [-0.05, 0) is 44.5 Å². The lowest BCUT2D eigenvalue weighted by atomic mass is 9.71. The molecule has 3 heterocycles. The van der Waals surface area contributed by atoms with Crippen molar-refractivity contribution in [1.29, 1.82) is 0 Å². The number of hydrogen-bond donors (Lipinski definition) is 1. The predicted octanol–water partition coefficient (Wildman–Crippen LogP) is 1.38. The molecule has 0 aromatic heterocycles. The number of carbonyl (C=O) groups is 1. The van der Waals surface area contributed by atoms with Crippen molar-refractivity contribution in [3.63, 3.8) is 0 Å². The number of aliphatic hydroxyl groups excluding tert-OH is 1. The Morgan fingerprint density at radius 2 is 2.00 bits per heavy atom. The molecule has 25 heavy (non-hydrogen) atoms. The quantitative estimate of drug-likeness (QED) is 0.832. The Morgan fingerprint density at radius 3 is 2.84 bits per heavy atom. The Labute approximate surface area is 148 Å². The van der Waals surface area contributed by atoms with Gasteiger partial charge in [0.2, 0.25) is 0 Å². The molecule has 136 valence electrons. The number of rotatable bonds is 1. The SMILES string of the molecule is CN1CC[C@H](O)[C@@]2(CCCN(C(=O)c3ccc4c(c3)OCCO4)C2)C1. The number of nitrogens with zero attached hydrogens (tertiary/aromatic N) is 2. The summed E-state index contributed by atoms with van der Waals surface area (Å²) in [6.45, 7) is 4.17. The normalized spacial score (nSPS) is 29.7. The molecule has 2 saturated heterocycles. The molecule has 2 fully saturated rings. The Balaban J connectivity index is 1.54. The molecular weight excluding hydrogens is 320 g/mol. The summed E-state index contributed by atoms with van der Waals surface area (Å²) in [6.07, 6.45) is 2.35. The molecule has 3 aliphatic heterocycles. The monoisotopic (exact) mass is 346 g/mol. The maximum Gasteiger partial charge on any atom is 0.254 e. The summed E-state index contributed by atoms with van der Waals surface area (Å²) in [6, 6.07) is 5.40. The number of ether oxygens (including phenoxy) is 2. The number of likely N-dealkylation sites (tertiary alicyclic amines) is 2. The van der Waals surface area contributed by atoms with Crippen LogP contribution in [0, 0.1) is 5.41 Å². The van der Waals surface area contributed by atoms with Gasteiger partial charge in [0, 0.05) is 37.2 Å². The lowest BCUT2D eigenvalue weighted by Gasteiger charge is -2.50. The van der Waals surface area contributed by atoms with Crippen LogP contribution in [0.25, 0.3) is 0 Å². The number of carbonyl (C=O) groups excluding carboxylic acids is 1. The summed E-state index contributed by atoms with van der Waals surface area (Å²) < 4.78 is 11.1. The van der Waals surface area contributed by atoms with E-state index in [4.69, 9.17) is 9.47 Å². The van der Waals surface area contributed by atoms with Gasteiger partial charge >= 0.3 is 0 Å². The molecule has 0 bridgehead atoms. The fraction of sp³-hybridized carbons (Fsp3) is 0.632. The van der Waals surface area contributed by atoms with Crippen molar-refractivity contribution < 1.29 is 19.4 Å². The summed E-state index contributed by atoms with van der Waals surface area (Å²) in [5, 5.41) is 10.6. The first kappa shape index (κ1) is 16.7. The molecule has 6 heteroatoms. The molecule has 1 amide bonds. The van der Waals surface area contributed by atoms with Crippen molar-refractivity contribution >= 4 is 5.91 Å². The van der Waals surface area contributed by atoms with Crippen LogP contribution in [0.4, 0.5) is 0 Å². The summed E-state index contributed by atoms with van der Waals surface area (Å²) in [7, 11) is 2.09. The summed E-state index contributed by atoms with van der Waals surface area (Å²) in [4.78, 5) is 17.2. The molecule has 0 aliphatic carbocycles. The van der Waals surface area contributed by atoms with Crippen molar-refractivity contribution in [3.8, 4) is 11.5 Å². The second-order valence-corrected chi connectivity index (χ2v) is 7.59. The third-order valence-corrected chi connectivity index (χ3v) is 5.76. The van der Waals surface area contributed by atoms with Gasteiger partial charge in [-0.3, -0.25) is 4.79 Å². The topological polar surface area (TPSA) is 62.2 Å². The van der Waals surface area contributed by atoms with E-state index >= 15 is 0 Å². The molecule has 1 N–H and O–H groups in total. The third kappa shape index (κ3) is 3.09. The van der Waals surface area contributed by atoms with Crippen molar-refractivity contribution in [1.82, 2.24) is 9.80 Å². The van der Waals surface area contributed by atoms with Gasteiger partial charge < -0.3 is 24.4 Å². The van der Waals surface area contributed by atoms with Gasteiger partial charge in [0.15, 0.2) is 11.5 Å². The maximum atomic E-state index is 13.0. The zero-order chi connectivity index (χ0) is 17.4. The van der Waals surface area contributed by atoms with Gasteiger partial charge in [-0.1, -0.05) is 0 Å². The van der Waals surface area contributed by atoms with Crippen LogP contribution >= 0.6 is 0 Å². The standard InChI is InChI=1S/C19H26N2O4/c1-20-8-5-17(22)19(12-20)6-2-7-21(13-19)18(23)14-3-4-15-16(11-14)25-10-9-24-15/h3-4,11,17,22H,2,5-10,12-13H2,1H3/t17-,19-/m0/s1. The van der Waals surface area contributed by atoms with E-state index < -0.39 is 0 Å². The van der Waals surface area contributed by atoms with Crippen LogP contribution in [0.15, 0.2) is 18.2 Å². The van der Waals surface area contributed by atoms with Crippen LogP contribution in [0.5, 0.6) is 11.5 Å². The minimum atomic E-state index is -0.334. The summed E-state index contributed by atoms with van der Waals surface area (Å²) >= 11 is 0. The van der Waals surface area contributed by atoms with Gasteiger partial charge in [-0.2, -0.15) is 0 Å². The van der Waals surface area contributed by atoms with E-state index in [9.17, 15) is 9.90 Å². The average Bonchev–Trinajstić information content (AvgIpc) is 2.64. The van der Waals surface area contributed by atoms with Crippen LogP contribution in [0.3, 0.4) is 0 Å². The molecule has 3 aliphatic rings. The van der Waals surface area contributed by atoms with E-state index in [1.54, 1.807) is 12.1 Å². The summed E-state index contributed by atoms with van der Waals surface area (Å²) in [5.74, 6) is 1.35. The zero-order valence-corrected chi connectivity index (χ0v) is 14.7. The molecule has 1 aromatic rings. The van der Waals surface area contributed by atoms with E-state index in [1.165, 1.54) is 0 Å². The zero-order valence-electron chi connectivity index (χ0n) is 14.7. The summed E-state index contributed by atoms with van der Waals surface area (Å²) in [5.41, 5.74) is 0.425. The van der Waals surface area contributed by atoms with Crippen LogP contribution < -0.4 is 9.47 Å². The Hall–Kier alpha value is -1.79. The van der Waals surface area contributed by atoms with Gasteiger partial charge in [0.25, 0.3) is 5.91 Å². The lowest BCUT2D eigenvalue weighted by Crippen LogP contribution is -2.59. The number of fused-ring (bicyclic) bond motifs is 1. The minimum Gasteiger partial charge on any atom is -0.486 e. The van der Waals surface area contributed by atoms with Crippen molar-refractivity contribution in [2.75, 3.05) is 46.4 Å². The van der Waals surface area contributed by atoms with Crippen molar-refractivity contribution in [2.45, 2.75) is 25.4 Å². The van der Waals surface area contributed by atoms with Crippen LogP contribution in [-0.4, -0.2) is 73.4 Å². The number of amides is 1. The number of piperidine rings is 2. The average molecular weight is 346 g/mol. The van der Waals surface area contributed by atoms with Crippen LogP contribution in [0.2, 0.25) is 0 Å². The largest absolute Gasteiger partial charge is 0.486 e. The first-order chi connectivity index (χ1) is 12.1. The Bertz CT molecular complexity index is 665. The maximum absolute atomic E-state index is 13.0. The lowest BCUT2D eigenvalue weighted by molar-refractivity contribution is -0.0731. The Morgan fingerprint density at radius 1 is 1.20 bits per heavy atom. The van der Waals surface area contributed by atoms with E-state index in [2.05, 4.69) is 11.9 Å². The van der Waals surface area contributed by atoms with E-state index in [1.807, 2.05) is 11.0 Å². The van der Waals surface area contributed by atoms with E-state index in [-0.39, 0.29) is 17.4 Å². The fourth-order valence-corrected chi connectivity index (χ4v) is 4.46. The molecule has 1 spiro atoms. The number of aliphatic hydroxyl groups is 1. The van der Waals surface area contributed by atoms with E-state index in [0.29, 0.717) is 36.8 Å². The molecule has 0 saturated carbocycles. The smallest absolute Gasteiger partial charge is 0.254 e. The van der Waals surface area contributed by atoms with Crippen molar-refractivity contribution in [2.24, 2.45) is 5.41 Å². The highest BCUT2D eigenvalue weighted by Crippen LogP contribution is 2.39. The molecule has 2 atom stereocenters. The molecule has 0 radical (unpaired) electrons. The Kier molecular flexibility index (Phi) is 4.33. The van der Waals surface area contributed by atoms with Gasteiger partial charge in [-0.25, -0.2) is 0 Å². The predicted molar refractivity (Wildman–Crippen MR) is 93.1 cm³/mol. The first-order valence-corrected chi connectivity index (χ1v) is 9.13. The second-order valence-electron chi connectivity index (χ2n) is 7.59. The highest BCUT2D eigenvalue weighted by atomic mass is 16.6. The van der Waals surface area contributed by atoms with Crippen LogP contribution in [-0.2, 0) is 0 Å². The van der Waals surface area contributed by atoms with Gasteiger partial charge in [0.05, 0.1) is 6.10 Å². The fourth-order valence-electron chi connectivity index (χ4n) is 4.46. The highest BCUT2D eigenvalue weighted by molar-refractivity contribution is 5.95. The molecule has 0 unspecified atom stereocenters. The molecular formula is C19H26N2O4. The highest BCUT2D eigenvalue weighted by Gasteiger charge is 2.45. The van der Waals surface area contributed by atoms with Crippen molar-refractivity contribution in [3.05, 3.63) is 23.8 Å².